The standard InChI is InChI=1S/C14H22BrNO3S2/c1-2-4-11-5-3-7-16(8-6-11)21(18,19)13-9-12(10-17)20-14(13)15/h9,11,17H,2-8,10H2,1H3. The Labute approximate surface area is 139 Å². The summed E-state index contributed by atoms with van der Waals surface area (Å²) in [5.41, 5.74) is 0. The van der Waals surface area contributed by atoms with Crippen LogP contribution in [0.4, 0.5) is 0 Å². The maximum atomic E-state index is 12.8. The zero-order valence-corrected chi connectivity index (χ0v) is 15.4. The molecule has 1 atom stereocenters. The fourth-order valence-electron chi connectivity index (χ4n) is 2.87. The number of hydrogen-bond acceptors (Lipinski definition) is 4. The van der Waals surface area contributed by atoms with Crippen LogP contribution < -0.4 is 0 Å². The Hall–Kier alpha value is 0.0500. The summed E-state index contributed by atoms with van der Waals surface area (Å²) in [7, 11) is -3.46. The van der Waals surface area contributed by atoms with Gasteiger partial charge in [-0.05, 0) is 47.2 Å². The Morgan fingerprint density at radius 1 is 1.43 bits per heavy atom. The van der Waals surface area contributed by atoms with Crippen LogP contribution in [0.5, 0.6) is 0 Å². The third kappa shape index (κ3) is 4.07. The Kier molecular flexibility index (Phi) is 6.25. The molecule has 1 N–H and O–H groups in total. The van der Waals surface area contributed by atoms with Gasteiger partial charge in [-0.3, -0.25) is 0 Å². The third-order valence-electron chi connectivity index (χ3n) is 3.98. The Bertz CT molecular complexity index is 571. The van der Waals surface area contributed by atoms with Crippen LogP contribution >= 0.6 is 27.3 Å². The SMILES string of the molecule is CCCC1CCCN(S(=O)(=O)c2cc(CO)sc2Br)CC1. The lowest BCUT2D eigenvalue weighted by molar-refractivity contribution is 0.285. The van der Waals surface area contributed by atoms with Gasteiger partial charge in [0.25, 0.3) is 0 Å². The zero-order valence-electron chi connectivity index (χ0n) is 12.2. The van der Waals surface area contributed by atoms with Crippen LogP contribution in [0.2, 0.25) is 0 Å². The van der Waals surface area contributed by atoms with Gasteiger partial charge < -0.3 is 5.11 Å². The summed E-state index contributed by atoms with van der Waals surface area (Å²) in [4.78, 5) is 0.963. The van der Waals surface area contributed by atoms with E-state index < -0.39 is 10.0 Å². The van der Waals surface area contributed by atoms with Crippen LogP contribution in [0.1, 0.15) is 43.9 Å². The summed E-state index contributed by atoms with van der Waals surface area (Å²) in [5, 5.41) is 9.17. The van der Waals surface area contributed by atoms with Crippen LogP contribution in [0.15, 0.2) is 14.7 Å². The number of sulfonamides is 1. The van der Waals surface area contributed by atoms with Gasteiger partial charge in [0.1, 0.15) is 4.90 Å². The number of aliphatic hydroxyl groups excluding tert-OH is 1. The molecule has 0 spiro atoms. The molecular formula is C14H22BrNO3S2. The van der Waals surface area contributed by atoms with Gasteiger partial charge in [0.2, 0.25) is 10.0 Å². The second-order valence-corrected chi connectivity index (χ2v) is 9.86. The number of rotatable bonds is 5. The fraction of sp³-hybridized carbons (Fsp3) is 0.714. The van der Waals surface area contributed by atoms with E-state index in [4.69, 9.17) is 0 Å². The van der Waals surface area contributed by atoms with Crippen molar-refractivity contribution >= 4 is 37.3 Å². The van der Waals surface area contributed by atoms with Crippen molar-refractivity contribution in [2.24, 2.45) is 5.92 Å². The lowest BCUT2D eigenvalue weighted by atomic mass is 9.96. The largest absolute Gasteiger partial charge is 0.391 e. The second kappa shape index (κ2) is 7.55. The van der Waals surface area contributed by atoms with Crippen molar-refractivity contribution in [2.75, 3.05) is 13.1 Å². The van der Waals surface area contributed by atoms with E-state index in [0.717, 1.165) is 25.7 Å². The highest BCUT2D eigenvalue weighted by Gasteiger charge is 2.30. The van der Waals surface area contributed by atoms with Crippen LogP contribution in [-0.2, 0) is 16.6 Å². The van der Waals surface area contributed by atoms with Crippen LogP contribution in [0.25, 0.3) is 0 Å². The minimum atomic E-state index is -3.46. The smallest absolute Gasteiger partial charge is 0.245 e. The topological polar surface area (TPSA) is 57.6 Å². The number of halogens is 1. The molecule has 120 valence electrons. The fourth-order valence-corrected chi connectivity index (χ4v) is 6.85. The van der Waals surface area contributed by atoms with Gasteiger partial charge in [0.05, 0.1) is 10.4 Å². The lowest BCUT2D eigenvalue weighted by Gasteiger charge is -2.20. The first-order valence-corrected chi connectivity index (χ1v) is 10.4. The summed E-state index contributed by atoms with van der Waals surface area (Å²) < 4.78 is 27.7. The quantitative estimate of drug-likeness (QED) is 0.828. The van der Waals surface area contributed by atoms with Gasteiger partial charge >= 0.3 is 0 Å². The predicted octanol–water partition coefficient (Wildman–Crippen LogP) is 3.59. The average Bonchev–Trinajstić information content (AvgIpc) is 2.68. The lowest BCUT2D eigenvalue weighted by Crippen LogP contribution is -2.32. The van der Waals surface area contributed by atoms with E-state index in [1.807, 2.05) is 0 Å². The number of nitrogens with zero attached hydrogens (tertiary/aromatic N) is 1. The molecule has 1 unspecified atom stereocenters. The van der Waals surface area contributed by atoms with Crippen molar-refractivity contribution in [2.45, 2.75) is 50.5 Å². The highest BCUT2D eigenvalue weighted by molar-refractivity contribution is 9.11. The minimum Gasteiger partial charge on any atom is -0.391 e. The Balaban J connectivity index is 2.17. The van der Waals surface area contributed by atoms with Crippen LogP contribution in [0, 0.1) is 5.92 Å². The van der Waals surface area contributed by atoms with Gasteiger partial charge in [0, 0.05) is 18.0 Å². The maximum absolute atomic E-state index is 12.8. The molecule has 1 aromatic rings. The molecule has 1 aliphatic heterocycles. The number of aliphatic hydroxyl groups is 1. The number of thiophene rings is 1. The highest BCUT2D eigenvalue weighted by atomic mass is 79.9. The zero-order chi connectivity index (χ0) is 15.5. The van der Waals surface area contributed by atoms with Crippen molar-refractivity contribution < 1.29 is 13.5 Å². The number of hydrogen-bond donors (Lipinski definition) is 1. The second-order valence-electron chi connectivity index (χ2n) is 5.50. The molecule has 2 rings (SSSR count). The molecule has 7 heteroatoms. The first-order chi connectivity index (χ1) is 9.98. The third-order valence-corrected chi connectivity index (χ3v) is 8.12. The van der Waals surface area contributed by atoms with Crippen molar-refractivity contribution in [3.63, 3.8) is 0 Å². The van der Waals surface area contributed by atoms with E-state index in [2.05, 4.69) is 22.9 Å². The Morgan fingerprint density at radius 3 is 2.81 bits per heavy atom. The molecule has 0 aliphatic carbocycles. The molecule has 0 radical (unpaired) electrons. The first kappa shape index (κ1) is 17.4. The summed E-state index contributed by atoms with van der Waals surface area (Å²) >= 11 is 4.60. The molecule has 4 nitrogen and oxygen atoms in total. The summed E-state index contributed by atoms with van der Waals surface area (Å²) in [6, 6.07) is 1.58. The maximum Gasteiger partial charge on any atom is 0.245 e. The van der Waals surface area contributed by atoms with Gasteiger partial charge in [-0.25, -0.2) is 8.42 Å². The molecule has 0 aromatic carbocycles. The van der Waals surface area contributed by atoms with E-state index in [1.165, 1.54) is 17.8 Å². The predicted molar refractivity (Wildman–Crippen MR) is 88.9 cm³/mol. The van der Waals surface area contributed by atoms with Gasteiger partial charge in [0.15, 0.2) is 0 Å². The van der Waals surface area contributed by atoms with Crippen molar-refractivity contribution in [3.8, 4) is 0 Å². The minimum absolute atomic E-state index is 0.128. The van der Waals surface area contributed by atoms with Crippen molar-refractivity contribution in [3.05, 3.63) is 14.7 Å². The molecule has 0 saturated carbocycles. The molecule has 1 saturated heterocycles. The van der Waals surface area contributed by atoms with Crippen LogP contribution in [0.3, 0.4) is 0 Å². The van der Waals surface area contributed by atoms with E-state index in [0.29, 0.717) is 32.6 Å². The summed E-state index contributed by atoms with van der Waals surface area (Å²) in [5.74, 6) is 0.647. The van der Waals surface area contributed by atoms with Crippen molar-refractivity contribution in [1.29, 1.82) is 0 Å². The monoisotopic (exact) mass is 395 g/mol. The van der Waals surface area contributed by atoms with Gasteiger partial charge in [-0.15, -0.1) is 11.3 Å². The molecule has 2 heterocycles. The molecule has 21 heavy (non-hydrogen) atoms. The first-order valence-electron chi connectivity index (χ1n) is 7.38. The van der Waals surface area contributed by atoms with Gasteiger partial charge in [-0.1, -0.05) is 19.8 Å². The molecule has 0 bridgehead atoms. The van der Waals surface area contributed by atoms with E-state index in [1.54, 1.807) is 10.4 Å². The molecule has 1 aliphatic rings. The molecule has 1 fully saturated rings. The average molecular weight is 396 g/mol. The molecule has 1 aromatic heterocycles. The molecular weight excluding hydrogens is 374 g/mol. The van der Waals surface area contributed by atoms with E-state index >= 15 is 0 Å². The Morgan fingerprint density at radius 2 is 2.19 bits per heavy atom. The van der Waals surface area contributed by atoms with E-state index in [9.17, 15) is 13.5 Å². The van der Waals surface area contributed by atoms with Gasteiger partial charge in [-0.2, -0.15) is 4.31 Å². The highest BCUT2D eigenvalue weighted by Crippen LogP contribution is 2.35. The van der Waals surface area contributed by atoms with Crippen molar-refractivity contribution in [1.82, 2.24) is 4.31 Å². The van der Waals surface area contributed by atoms with E-state index in [-0.39, 0.29) is 6.61 Å². The van der Waals surface area contributed by atoms with Crippen LogP contribution in [-0.4, -0.2) is 30.9 Å². The normalized spacial score (nSPS) is 21.4. The summed E-state index contributed by atoms with van der Waals surface area (Å²) in [6.45, 7) is 3.25. The summed E-state index contributed by atoms with van der Waals surface area (Å²) in [6.07, 6.45) is 5.34. The molecule has 0 amide bonds.